The van der Waals surface area contributed by atoms with Crippen molar-refractivity contribution in [3.05, 3.63) is 271 Å². The molecule has 2 aliphatic rings. The molecule has 16 rings (SSSR count). The molecule has 5 heteroatoms. The Kier molecular flexibility index (Phi) is 8.89. The Bertz CT molecular complexity index is 4580. The molecule has 0 fully saturated rings. The molecule has 0 saturated carbocycles. The number of hydrogen-bond donors (Lipinski definition) is 0. The zero-order valence-electron chi connectivity index (χ0n) is 40.3. The van der Waals surface area contributed by atoms with Gasteiger partial charge in [-0.1, -0.05) is 212 Å². The lowest BCUT2D eigenvalue weighted by molar-refractivity contribution is 0.668. The van der Waals surface area contributed by atoms with Gasteiger partial charge in [0.2, 0.25) is 0 Å². The molecule has 11 aromatic carbocycles. The molecule has 0 saturated heterocycles. The molecule has 0 atom stereocenters. The van der Waals surface area contributed by atoms with Gasteiger partial charge < -0.3 is 8.83 Å². The van der Waals surface area contributed by atoms with E-state index in [1.165, 1.54) is 55.6 Å². The van der Waals surface area contributed by atoms with Crippen LogP contribution in [0.1, 0.15) is 22.3 Å². The molecule has 3 heterocycles. The summed E-state index contributed by atoms with van der Waals surface area (Å²) in [6.45, 7) is 0. The fourth-order valence-corrected chi connectivity index (χ4v) is 12.4. The first-order chi connectivity index (χ1) is 37.2. The van der Waals surface area contributed by atoms with E-state index in [1.807, 2.05) is 48.5 Å². The third-order valence-corrected chi connectivity index (χ3v) is 15.8. The lowest BCUT2D eigenvalue weighted by atomic mass is 9.70. The SMILES string of the molecule is c1ccc(-c2ccc(-c3nc(-c4cccc5c4oc4ccccc45)nc(-c4cccc5oc6ccc(-c7ccc(-c8ccc9c(c8)C8(c%10ccccc%10-c%10ccccc%108)c8ccccc8-9)cc7)cc6c45)n3)cc2)cc1. The van der Waals surface area contributed by atoms with E-state index in [4.69, 9.17) is 23.8 Å². The van der Waals surface area contributed by atoms with Gasteiger partial charge in [-0.25, -0.2) is 15.0 Å². The smallest absolute Gasteiger partial charge is 0.167 e. The molecule has 14 aromatic rings. The van der Waals surface area contributed by atoms with Gasteiger partial charge in [-0.05, 0) is 114 Å². The van der Waals surface area contributed by atoms with Crippen molar-refractivity contribution >= 4 is 43.9 Å². The Hall–Kier alpha value is -9.97. The van der Waals surface area contributed by atoms with Crippen LogP contribution in [0.15, 0.2) is 258 Å². The van der Waals surface area contributed by atoms with Crippen LogP contribution in [0.4, 0.5) is 0 Å². The van der Waals surface area contributed by atoms with Crippen molar-refractivity contribution in [3.8, 4) is 89.8 Å². The standard InChI is InChI=1S/C70H41N3O2/c1-2-14-42(15-3-1)43-32-34-46(35-33-43)67-71-68(73-69(72-67)56-22-12-20-54-53-19-7-11-26-62(53)75-66(54)56)55-21-13-27-64-65(55)57-40-47(37-39-63(57)74-64)44-28-30-45(31-29-44)48-36-38-52-51-18-6-10-25-60(51)70(61(52)41-48)58-23-8-4-16-49(58)50-17-5-9-24-59(50)70/h1-41H. The van der Waals surface area contributed by atoms with E-state index < -0.39 is 5.41 Å². The van der Waals surface area contributed by atoms with E-state index in [0.717, 1.165) is 82.8 Å². The number of hydrogen-bond acceptors (Lipinski definition) is 5. The summed E-state index contributed by atoms with van der Waals surface area (Å²) in [5.41, 5.74) is 22.6. The maximum atomic E-state index is 6.62. The van der Waals surface area contributed by atoms with Crippen molar-refractivity contribution in [1.29, 1.82) is 0 Å². The number of para-hydroxylation sites is 2. The number of furan rings is 2. The van der Waals surface area contributed by atoms with Gasteiger partial charge in [-0.3, -0.25) is 0 Å². The summed E-state index contributed by atoms with van der Waals surface area (Å²) >= 11 is 0. The Morgan fingerprint density at radius 1 is 0.253 bits per heavy atom. The molecular weight excluding hydrogens is 915 g/mol. The number of fused-ring (bicyclic) bond motifs is 16. The molecule has 0 aliphatic heterocycles. The Balaban J connectivity index is 0.806. The molecule has 2 aliphatic carbocycles. The first kappa shape index (κ1) is 41.6. The monoisotopic (exact) mass is 955 g/mol. The predicted molar refractivity (Wildman–Crippen MR) is 303 cm³/mol. The van der Waals surface area contributed by atoms with Crippen molar-refractivity contribution in [2.45, 2.75) is 5.41 Å². The van der Waals surface area contributed by atoms with Crippen molar-refractivity contribution in [3.63, 3.8) is 0 Å². The molecule has 0 N–H and O–H groups in total. The van der Waals surface area contributed by atoms with Gasteiger partial charge in [0.05, 0.1) is 11.0 Å². The van der Waals surface area contributed by atoms with Crippen LogP contribution in [0.5, 0.6) is 0 Å². The van der Waals surface area contributed by atoms with Crippen LogP contribution in [-0.4, -0.2) is 15.0 Å². The third-order valence-electron chi connectivity index (χ3n) is 15.8. The fraction of sp³-hybridized carbons (Fsp3) is 0.0143. The van der Waals surface area contributed by atoms with Crippen LogP contribution in [0.3, 0.4) is 0 Å². The van der Waals surface area contributed by atoms with Crippen LogP contribution < -0.4 is 0 Å². The summed E-state index contributed by atoms with van der Waals surface area (Å²) in [5.74, 6) is 1.63. The highest BCUT2D eigenvalue weighted by Gasteiger charge is 2.51. The normalized spacial score (nSPS) is 12.9. The average Bonchev–Trinajstić information content (AvgIpc) is 4.29. The summed E-state index contributed by atoms with van der Waals surface area (Å²) < 4.78 is 13.2. The summed E-state index contributed by atoms with van der Waals surface area (Å²) in [7, 11) is 0. The minimum absolute atomic E-state index is 0.391. The summed E-state index contributed by atoms with van der Waals surface area (Å²) in [5, 5.41) is 3.98. The van der Waals surface area contributed by atoms with E-state index in [9.17, 15) is 0 Å². The van der Waals surface area contributed by atoms with E-state index in [2.05, 4.69) is 200 Å². The third kappa shape index (κ3) is 6.16. The highest BCUT2D eigenvalue weighted by molar-refractivity contribution is 6.13. The topological polar surface area (TPSA) is 65.0 Å². The maximum Gasteiger partial charge on any atom is 0.167 e. The van der Waals surface area contributed by atoms with Gasteiger partial charge in [-0.15, -0.1) is 0 Å². The van der Waals surface area contributed by atoms with Crippen molar-refractivity contribution in [2.75, 3.05) is 0 Å². The quantitative estimate of drug-likeness (QED) is 0.166. The lowest BCUT2D eigenvalue weighted by Crippen LogP contribution is -2.25. The molecule has 0 radical (unpaired) electrons. The minimum atomic E-state index is -0.391. The number of rotatable bonds is 6. The molecule has 348 valence electrons. The van der Waals surface area contributed by atoms with Gasteiger partial charge in [0.25, 0.3) is 0 Å². The van der Waals surface area contributed by atoms with Crippen LogP contribution in [0.2, 0.25) is 0 Å². The Labute approximate surface area is 431 Å². The average molecular weight is 956 g/mol. The number of aromatic nitrogens is 3. The van der Waals surface area contributed by atoms with E-state index in [0.29, 0.717) is 17.5 Å². The van der Waals surface area contributed by atoms with E-state index in [1.54, 1.807) is 0 Å². The van der Waals surface area contributed by atoms with Gasteiger partial charge in [0.1, 0.15) is 22.3 Å². The van der Waals surface area contributed by atoms with Crippen molar-refractivity contribution in [2.24, 2.45) is 0 Å². The van der Waals surface area contributed by atoms with Crippen LogP contribution in [0, 0.1) is 0 Å². The summed E-state index contributed by atoms with van der Waals surface area (Å²) in [6, 6.07) is 88.7. The molecule has 5 nitrogen and oxygen atoms in total. The highest BCUT2D eigenvalue weighted by atomic mass is 16.3. The molecule has 0 unspecified atom stereocenters. The second-order valence-electron chi connectivity index (χ2n) is 19.7. The molecule has 0 amide bonds. The van der Waals surface area contributed by atoms with Crippen LogP contribution >= 0.6 is 0 Å². The molecular formula is C70H41N3O2. The van der Waals surface area contributed by atoms with E-state index >= 15 is 0 Å². The van der Waals surface area contributed by atoms with Crippen molar-refractivity contribution < 1.29 is 8.83 Å². The van der Waals surface area contributed by atoms with Crippen molar-refractivity contribution in [1.82, 2.24) is 15.0 Å². The maximum absolute atomic E-state index is 6.62. The Morgan fingerprint density at radius 2 is 0.707 bits per heavy atom. The minimum Gasteiger partial charge on any atom is -0.456 e. The Morgan fingerprint density at radius 3 is 1.41 bits per heavy atom. The first-order valence-electron chi connectivity index (χ1n) is 25.5. The lowest BCUT2D eigenvalue weighted by Gasteiger charge is -2.30. The summed E-state index contributed by atoms with van der Waals surface area (Å²) in [4.78, 5) is 15.8. The molecule has 75 heavy (non-hydrogen) atoms. The van der Waals surface area contributed by atoms with Gasteiger partial charge in [0, 0.05) is 32.7 Å². The largest absolute Gasteiger partial charge is 0.456 e. The highest BCUT2D eigenvalue weighted by Crippen LogP contribution is 2.63. The van der Waals surface area contributed by atoms with Crippen LogP contribution in [-0.2, 0) is 5.41 Å². The van der Waals surface area contributed by atoms with Gasteiger partial charge in [-0.2, -0.15) is 0 Å². The first-order valence-corrected chi connectivity index (χ1v) is 25.5. The fourth-order valence-electron chi connectivity index (χ4n) is 12.4. The zero-order chi connectivity index (χ0) is 49.2. The van der Waals surface area contributed by atoms with E-state index in [-0.39, 0.29) is 0 Å². The second-order valence-corrected chi connectivity index (χ2v) is 19.7. The molecule has 1 spiro atoms. The zero-order valence-corrected chi connectivity index (χ0v) is 40.3. The predicted octanol–water partition coefficient (Wildman–Crippen LogP) is 18.0. The van der Waals surface area contributed by atoms with Crippen LogP contribution in [0.25, 0.3) is 134 Å². The van der Waals surface area contributed by atoms with Gasteiger partial charge >= 0.3 is 0 Å². The number of benzene rings is 11. The summed E-state index contributed by atoms with van der Waals surface area (Å²) in [6.07, 6.45) is 0. The molecule has 0 bridgehead atoms. The second kappa shape index (κ2) is 16.0. The number of nitrogens with zero attached hydrogens (tertiary/aromatic N) is 3. The molecule has 3 aromatic heterocycles. The van der Waals surface area contributed by atoms with Gasteiger partial charge in [0.15, 0.2) is 17.5 Å².